The molecule has 82 valence electrons. The molecule has 0 unspecified atom stereocenters. The van der Waals surface area contributed by atoms with Crippen molar-refractivity contribution in [3.63, 3.8) is 0 Å². The summed E-state index contributed by atoms with van der Waals surface area (Å²) in [5.74, 6) is 2.06. The Morgan fingerprint density at radius 2 is 2.40 bits per heavy atom. The average Bonchev–Trinajstić information content (AvgIpc) is 2.78. The Labute approximate surface area is 89.8 Å². The molecule has 1 aliphatic heterocycles. The average molecular weight is 207 g/mol. The molecule has 0 fully saturated rings. The van der Waals surface area contributed by atoms with Gasteiger partial charge in [0.25, 0.3) is 0 Å². The van der Waals surface area contributed by atoms with E-state index in [9.17, 15) is 0 Å². The number of likely N-dealkylation sites (N-methyl/N-ethyl adjacent to an activating group) is 1. The monoisotopic (exact) mass is 207 g/mol. The van der Waals surface area contributed by atoms with Gasteiger partial charge in [-0.3, -0.25) is 4.99 Å². The van der Waals surface area contributed by atoms with Crippen molar-refractivity contribution in [2.45, 2.75) is 13.5 Å². The van der Waals surface area contributed by atoms with Crippen molar-refractivity contribution in [3.8, 4) is 0 Å². The molecule has 0 saturated carbocycles. The maximum absolute atomic E-state index is 4.36. The molecule has 15 heavy (non-hydrogen) atoms. The minimum Gasteiger partial charge on any atom is -0.354 e. The summed E-state index contributed by atoms with van der Waals surface area (Å²) in [4.78, 5) is 10.7. The third-order valence-electron chi connectivity index (χ3n) is 2.62. The first-order valence-electron chi connectivity index (χ1n) is 5.24. The van der Waals surface area contributed by atoms with E-state index in [1.165, 1.54) is 0 Å². The summed E-state index contributed by atoms with van der Waals surface area (Å²) >= 11 is 0. The normalized spacial score (nSPS) is 15.6. The van der Waals surface area contributed by atoms with E-state index in [0.717, 1.165) is 38.0 Å². The second kappa shape index (κ2) is 4.33. The van der Waals surface area contributed by atoms with Crippen molar-refractivity contribution in [1.29, 1.82) is 0 Å². The zero-order chi connectivity index (χ0) is 10.7. The molecular formula is C10H17N5. The van der Waals surface area contributed by atoms with Crippen molar-refractivity contribution in [3.05, 3.63) is 18.2 Å². The number of imidazole rings is 1. The van der Waals surface area contributed by atoms with E-state index < -0.39 is 0 Å². The summed E-state index contributed by atoms with van der Waals surface area (Å²) in [5.41, 5.74) is 0. The second-order valence-corrected chi connectivity index (χ2v) is 3.72. The summed E-state index contributed by atoms with van der Waals surface area (Å²) in [7, 11) is 2.06. The van der Waals surface area contributed by atoms with Crippen molar-refractivity contribution < 1.29 is 0 Å². The first-order chi connectivity index (χ1) is 7.27. The molecule has 0 aromatic carbocycles. The van der Waals surface area contributed by atoms with Crippen molar-refractivity contribution in [2.24, 2.45) is 4.99 Å². The van der Waals surface area contributed by atoms with Gasteiger partial charge in [-0.25, -0.2) is 4.98 Å². The fourth-order valence-corrected chi connectivity index (χ4v) is 1.65. The quantitative estimate of drug-likeness (QED) is 0.763. The van der Waals surface area contributed by atoms with Gasteiger partial charge in [0.2, 0.25) is 0 Å². The van der Waals surface area contributed by atoms with Crippen LogP contribution in [0.3, 0.4) is 0 Å². The molecule has 0 aliphatic carbocycles. The molecule has 0 radical (unpaired) electrons. The molecule has 5 heteroatoms. The largest absolute Gasteiger partial charge is 0.354 e. The van der Waals surface area contributed by atoms with Gasteiger partial charge < -0.3 is 14.8 Å². The van der Waals surface area contributed by atoms with Crippen LogP contribution in [0.5, 0.6) is 0 Å². The summed E-state index contributed by atoms with van der Waals surface area (Å²) < 4.78 is 2.13. The van der Waals surface area contributed by atoms with Gasteiger partial charge in [0.05, 0.1) is 6.54 Å². The highest BCUT2D eigenvalue weighted by Gasteiger charge is 2.10. The number of hydrogen-bond donors (Lipinski definition) is 1. The predicted molar refractivity (Wildman–Crippen MR) is 59.9 cm³/mol. The standard InChI is InChI=1S/C10H17N5/c1-9-11-4-7-15(9)8-5-13-10-12-3-6-14(10)2/h4,7H,3,5-6,8H2,1-2H3,(H,12,13). The number of aliphatic imine (C=N–C) groups is 1. The molecule has 5 nitrogen and oxygen atoms in total. The van der Waals surface area contributed by atoms with E-state index in [0.29, 0.717) is 0 Å². The Kier molecular flexibility index (Phi) is 2.89. The fraction of sp³-hybridized carbons (Fsp3) is 0.600. The molecule has 0 atom stereocenters. The number of rotatable bonds is 3. The van der Waals surface area contributed by atoms with Gasteiger partial charge in [-0.2, -0.15) is 0 Å². The van der Waals surface area contributed by atoms with Gasteiger partial charge >= 0.3 is 0 Å². The predicted octanol–water partition coefficient (Wildman–Crippen LogP) is 0.0825. The summed E-state index contributed by atoms with van der Waals surface area (Å²) in [6.45, 7) is 5.76. The number of nitrogens with zero attached hydrogens (tertiary/aromatic N) is 4. The molecule has 0 spiro atoms. The van der Waals surface area contributed by atoms with Crippen molar-refractivity contribution in [2.75, 3.05) is 26.7 Å². The summed E-state index contributed by atoms with van der Waals surface area (Å²) in [6, 6.07) is 0. The maximum atomic E-state index is 4.36. The Bertz CT molecular complexity index is 354. The van der Waals surface area contributed by atoms with Crippen LogP contribution in [0.2, 0.25) is 0 Å². The summed E-state index contributed by atoms with van der Waals surface area (Å²) in [6.07, 6.45) is 3.83. The van der Waals surface area contributed by atoms with Gasteiger partial charge in [-0.15, -0.1) is 0 Å². The molecular weight excluding hydrogens is 190 g/mol. The van der Waals surface area contributed by atoms with Gasteiger partial charge in [0.15, 0.2) is 5.96 Å². The van der Waals surface area contributed by atoms with Gasteiger partial charge in [-0.1, -0.05) is 0 Å². The third-order valence-corrected chi connectivity index (χ3v) is 2.62. The van der Waals surface area contributed by atoms with Crippen LogP contribution in [0.15, 0.2) is 17.4 Å². The van der Waals surface area contributed by atoms with Crippen LogP contribution >= 0.6 is 0 Å². The minimum absolute atomic E-state index is 0.889. The van der Waals surface area contributed by atoms with Gasteiger partial charge in [-0.05, 0) is 6.92 Å². The van der Waals surface area contributed by atoms with Crippen LogP contribution in [0, 0.1) is 6.92 Å². The maximum Gasteiger partial charge on any atom is 0.193 e. The highest BCUT2D eigenvalue weighted by atomic mass is 15.3. The topological polar surface area (TPSA) is 45.5 Å². The highest BCUT2D eigenvalue weighted by molar-refractivity contribution is 5.81. The zero-order valence-corrected chi connectivity index (χ0v) is 9.27. The highest BCUT2D eigenvalue weighted by Crippen LogP contribution is 1.96. The lowest BCUT2D eigenvalue weighted by Crippen LogP contribution is -2.37. The van der Waals surface area contributed by atoms with Crippen LogP contribution < -0.4 is 5.32 Å². The Hall–Kier alpha value is -1.52. The number of aromatic nitrogens is 2. The van der Waals surface area contributed by atoms with Crippen LogP contribution in [-0.4, -0.2) is 47.1 Å². The molecule has 2 rings (SSSR count). The molecule has 1 N–H and O–H groups in total. The molecule has 0 bridgehead atoms. The molecule has 0 amide bonds. The first kappa shape index (κ1) is 10.0. The van der Waals surface area contributed by atoms with Crippen molar-refractivity contribution in [1.82, 2.24) is 19.8 Å². The summed E-state index contributed by atoms with van der Waals surface area (Å²) in [5, 5.41) is 3.32. The van der Waals surface area contributed by atoms with Gasteiger partial charge in [0, 0.05) is 39.1 Å². The smallest absolute Gasteiger partial charge is 0.193 e. The van der Waals surface area contributed by atoms with E-state index in [4.69, 9.17) is 0 Å². The van der Waals surface area contributed by atoms with Gasteiger partial charge in [0.1, 0.15) is 5.82 Å². The van der Waals surface area contributed by atoms with E-state index >= 15 is 0 Å². The second-order valence-electron chi connectivity index (χ2n) is 3.72. The fourth-order valence-electron chi connectivity index (χ4n) is 1.65. The minimum atomic E-state index is 0.889. The van der Waals surface area contributed by atoms with E-state index in [-0.39, 0.29) is 0 Å². The Morgan fingerprint density at radius 3 is 3.00 bits per heavy atom. The van der Waals surface area contributed by atoms with Crippen LogP contribution in [0.4, 0.5) is 0 Å². The number of guanidine groups is 1. The lowest BCUT2D eigenvalue weighted by Gasteiger charge is -2.15. The Balaban J connectivity index is 1.78. The number of hydrogen-bond acceptors (Lipinski definition) is 4. The molecule has 1 aromatic rings. The lowest BCUT2D eigenvalue weighted by molar-refractivity contribution is 0.527. The molecule has 1 aromatic heterocycles. The molecule has 0 saturated heterocycles. The van der Waals surface area contributed by atoms with E-state index in [1.54, 1.807) is 0 Å². The third kappa shape index (κ3) is 2.29. The van der Waals surface area contributed by atoms with Crippen molar-refractivity contribution >= 4 is 5.96 Å². The van der Waals surface area contributed by atoms with E-state index in [1.807, 2.05) is 19.3 Å². The SMILES string of the molecule is Cc1nccn1CCNC1=NCCN1C. The van der Waals surface area contributed by atoms with E-state index in [2.05, 4.69) is 31.8 Å². The molecule has 2 heterocycles. The lowest BCUT2D eigenvalue weighted by atomic mass is 10.5. The zero-order valence-electron chi connectivity index (χ0n) is 9.27. The van der Waals surface area contributed by atoms with Crippen LogP contribution in [0.25, 0.3) is 0 Å². The Morgan fingerprint density at radius 1 is 1.53 bits per heavy atom. The number of aryl methyl sites for hydroxylation is 1. The van der Waals surface area contributed by atoms with Crippen LogP contribution in [0.1, 0.15) is 5.82 Å². The van der Waals surface area contributed by atoms with Crippen LogP contribution in [-0.2, 0) is 6.54 Å². The number of nitrogens with one attached hydrogen (secondary N) is 1. The molecule has 1 aliphatic rings. The first-order valence-corrected chi connectivity index (χ1v) is 5.24.